The molecule has 3 heterocycles. The van der Waals surface area contributed by atoms with E-state index >= 15 is 0 Å². The molecule has 0 spiro atoms. The molecule has 6 unspecified atom stereocenters. The van der Waals surface area contributed by atoms with Crippen LogP contribution < -0.4 is 14.5 Å². The summed E-state index contributed by atoms with van der Waals surface area (Å²) in [5.41, 5.74) is 0.888. The van der Waals surface area contributed by atoms with Crippen LogP contribution in [0.15, 0.2) is 84.1 Å². The number of nitrogens with zero attached hydrogens (tertiary/aromatic N) is 2. The van der Waals surface area contributed by atoms with Gasteiger partial charge in [0, 0.05) is 17.9 Å². The van der Waals surface area contributed by atoms with Gasteiger partial charge >= 0.3 is 5.97 Å². The van der Waals surface area contributed by atoms with Crippen molar-refractivity contribution in [3.05, 3.63) is 106 Å². The third kappa shape index (κ3) is 4.41. The average Bonchev–Trinajstić information content (AvgIpc) is 3.45. The lowest BCUT2D eigenvalue weighted by molar-refractivity contribution is -0.132. The molecule has 3 aliphatic heterocycles. The third-order valence-corrected chi connectivity index (χ3v) is 11.2. The van der Waals surface area contributed by atoms with Crippen molar-refractivity contribution in [2.45, 2.75) is 26.2 Å². The molecule has 6 atom stereocenters. The van der Waals surface area contributed by atoms with Crippen LogP contribution in [-0.2, 0) is 25.6 Å². The predicted octanol–water partition coefficient (Wildman–Crippen LogP) is 5.67. The van der Waals surface area contributed by atoms with Crippen LogP contribution in [0.5, 0.6) is 11.5 Å². The van der Waals surface area contributed by atoms with E-state index < -0.39 is 70.4 Å². The van der Waals surface area contributed by atoms with Crippen molar-refractivity contribution in [1.29, 1.82) is 0 Å². The SMILES string of the molecule is CC12C(=O)N(c3ccc(F)c(Cl)c3)C(=O)C1CC1C(=CCC3C(=O)N(c4cccc(C(=O)O)c4)C(=O)C31)C2C1=COc2ccc(O)cc2C1. The fourth-order valence-electron chi connectivity index (χ4n) is 8.75. The fourth-order valence-corrected chi connectivity index (χ4v) is 8.92. The van der Waals surface area contributed by atoms with Gasteiger partial charge in [0.05, 0.1) is 51.4 Å². The second-order valence-electron chi connectivity index (χ2n) is 13.4. The van der Waals surface area contributed by atoms with Crippen molar-refractivity contribution in [1.82, 2.24) is 0 Å². The van der Waals surface area contributed by atoms with Crippen LogP contribution in [0, 0.1) is 40.8 Å². The average molecular weight is 683 g/mol. The molecule has 2 aliphatic carbocycles. The molecule has 0 bridgehead atoms. The molecular formula is C37H28ClFN2O8. The third-order valence-electron chi connectivity index (χ3n) is 10.9. The topological polar surface area (TPSA) is 142 Å². The Morgan fingerprint density at radius 2 is 1.73 bits per heavy atom. The lowest BCUT2D eigenvalue weighted by Gasteiger charge is -2.49. The number of imide groups is 2. The van der Waals surface area contributed by atoms with Gasteiger partial charge in [-0.25, -0.2) is 14.1 Å². The zero-order chi connectivity index (χ0) is 34.5. The molecule has 248 valence electrons. The van der Waals surface area contributed by atoms with Gasteiger partial charge in [0.2, 0.25) is 23.6 Å². The van der Waals surface area contributed by atoms with E-state index in [1.807, 2.05) is 6.08 Å². The molecule has 0 radical (unpaired) electrons. The number of aromatic carboxylic acids is 1. The summed E-state index contributed by atoms with van der Waals surface area (Å²) in [5.74, 6) is -7.27. The maximum absolute atomic E-state index is 14.6. The van der Waals surface area contributed by atoms with Gasteiger partial charge in [-0.3, -0.25) is 24.1 Å². The first-order chi connectivity index (χ1) is 23.4. The van der Waals surface area contributed by atoms with Crippen molar-refractivity contribution in [3.63, 3.8) is 0 Å². The molecule has 3 aromatic rings. The highest BCUT2D eigenvalue weighted by molar-refractivity contribution is 6.32. The molecule has 8 rings (SSSR count). The van der Waals surface area contributed by atoms with Gasteiger partial charge in [-0.2, -0.15) is 0 Å². The maximum Gasteiger partial charge on any atom is 0.335 e. The van der Waals surface area contributed by atoms with E-state index in [1.165, 1.54) is 42.5 Å². The molecule has 5 aliphatic rings. The summed E-state index contributed by atoms with van der Waals surface area (Å²) in [7, 11) is 0. The van der Waals surface area contributed by atoms with Crippen LogP contribution in [0.3, 0.4) is 0 Å². The molecule has 3 fully saturated rings. The first-order valence-electron chi connectivity index (χ1n) is 15.8. The molecular weight excluding hydrogens is 655 g/mol. The van der Waals surface area contributed by atoms with Gasteiger partial charge in [-0.1, -0.05) is 29.3 Å². The number of amides is 4. The summed E-state index contributed by atoms with van der Waals surface area (Å²) < 4.78 is 20.2. The van der Waals surface area contributed by atoms with Crippen LogP contribution in [0.25, 0.3) is 0 Å². The van der Waals surface area contributed by atoms with Crippen molar-refractivity contribution in [3.8, 4) is 11.5 Å². The number of halogens is 2. The number of carbonyl (C=O) groups is 5. The van der Waals surface area contributed by atoms with Crippen LogP contribution in [0.2, 0.25) is 5.02 Å². The first-order valence-corrected chi connectivity index (χ1v) is 16.2. The lowest BCUT2D eigenvalue weighted by atomic mass is 9.51. The zero-order valence-electron chi connectivity index (χ0n) is 25.9. The molecule has 1 saturated carbocycles. The molecule has 10 nitrogen and oxygen atoms in total. The molecule has 4 amide bonds. The van der Waals surface area contributed by atoms with E-state index in [9.17, 15) is 38.6 Å². The molecule has 2 N–H and O–H groups in total. The monoisotopic (exact) mass is 682 g/mol. The normalized spacial score (nSPS) is 28.7. The number of carboxylic acid groups (broad SMARTS) is 1. The van der Waals surface area contributed by atoms with Crippen molar-refractivity contribution < 1.29 is 43.3 Å². The number of benzene rings is 3. The smallest absolute Gasteiger partial charge is 0.335 e. The second-order valence-corrected chi connectivity index (χ2v) is 13.8. The number of hydrogen-bond acceptors (Lipinski definition) is 7. The number of phenolic OH excluding ortho intramolecular Hbond substituents is 1. The van der Waals surface area contributed by atoms with Gasteiger partial charge in [0.25, 0.3) is 0 Å². The Hall–Kier alpha value is -5.29. The Morgan fingerprint density at radius 3 is 2.49 bits per heavy atom. The minimum atomic E-state index is -1.36. The minimum absolute atomic E-state index is 0.0301. The van der Waals surface area contributed by atoms with Gasteiger partial charge in [0.15, 0.2) is 0 Å². The molecule has 49 heavy (non-hydrogen) atoms. The number of carbonyl (C=O) groups excluding carboxylic acids is 4. The van der Waals surface area contributed by atoms with Crippen molar-refractivity contribution in [2.24, 2.45) is 35.0 Å². The Kier molecular flexibility index (Phi) is 6.87. The summed E-state index contributed by atoms with van der Waals surface area (Å²) in [6, 6.07) is 14.0. The summed E-state index contributed by atoms with van der Waals surface area (Å²) in [5, 5.41) is 19.5. The number of fused-ring (bicyclic) bond motifs is 5. The van der Waals surface area contributed by atoms with Crippen molar-refractivity contribution in [2.75, 3.05) is 9.80 Å². The summed E-state index contributed by atoms with van der Waals surface area (Å²) in [4.78, 5) is 70.9. The number of ether oxygens (including phenoxy) is 1. The number of phenols is 1. The van der Waals surface area contributed by atoms with E-state index in [1.54, 1.807) is 25.3 Å². The number of hydrogen-bond donors (Lipinski definition) is 2. The minimum Gasteiger partial charge on any atom is -0.508 e. The summed E-state index contributed by atoms with van der Waals surface area (Å²) >= 11 is 6.08. The largest absolute Gasteiger partial charge is 0.508 e. The van der Waals surface area contributed by atoms with E-state index in [4.69, 9.17) is 16.3 Å². The van der Waals surface area contributed by atoms with E-state index in [0.717, 1.165) is 21.4 Å². The number of carboxylic acids is 1. The Bertz CT molecular complexity index is 2110. The second kappa shape index (κ2) is 10.9. The molecule has 3 aromatic carbocycles. The van der Waals surface area contributed by atoms with Gasteiger partial charge in [-0.15, -0.1) is 0 Å². The lowest BCUT2D eigenvalue weighted by Crippen LogP contribution is -2.51. The molecule has 2 saturated heterocycles. The highest BCUT2D eigenvalue weighted by Crippen LogP contribution is 2.63. The van der Waals surface area contributed by atoms with Gasteiger partial charge in [-0.05, 0) is 85.9 Å². The van der Waals surface area contributed by atoms with Crippen LogP contribution >= 0.6 is 11.6 Å². The zero-order valence-corrected chi connectivity index (χ0v) is 26.7. The van der Waals surface area contributed by atoms with Gasteiger partial charge < -0.3 is 14.9 Å². The quantitative estimate of drug-likeness (QED) is 0.265. The number of rotatable bonds is 4. The number of anilines is 2. The van der Waals surface area contributed by atoms with E-state index in [-0.39, 0.29) is 47.0 Å². The number of aromatic hydroxyl groups is 1. The Balaban J connectivity index is 1.25. The predicted molar refractivity (Wildman–Crippen MR) is 173 cm³/mol. The highest BCUT2D eigenvalue weighted by atomic mass is 35.5. The first kappa shape index (κ1) is 31.0. The van der Waals surface area contributed by atoms with E-state index in [2.05, 4.69) is 0 Å². The number of allylic oxidation sites excluding steroid dienone is 3. The fraction of sp³-hybridized carbons (Fsp3) is 0.270. The standard InChI is InChI=1S/C37H28ClFN2O8/c1-37-26(33(44)41(36(37)48)21-5-9-28(39)27(38)14-21)15-25-23(31(37)19-11-18-13-22(42)6-10-29(18)49-16-19)7-8-24-30(25)34(45)40(32(24)43)20-4-2-3-17(12-20)35(46)47/h2-7,9-10,12-14,16,24-26,30-31,42H,8,11,15H2,1H3,(H,46,47). The van der Waals surface area contributed by atoms with Crippen LogP contribution in [0.4, 0.5) is 15.8 Å². The van der Waals surface area contributed by atoms with Crippen LogP contribution in [0.1, 0.15) is 35.7 Å². The maximum atomic E-state index is 14.6. The van der Waals surface area contributed by atoms with Gasteiger partial charge in [0.1, 0.15) is 17.3 Å². The van der Waals surface area contributed by atoms with E-state index in [0.29, 0.717) is 16.9 Å². The Labute approximate surface area is 284 Å². The summed E-state index contributed by atoms with van der Waals surface area (Å²) in [6.07, 6.45) is 4.01. The molecule has 12 heteroatoms. The highest BCUT2D eigenvalue weighted by Gasteiger charge is 2.68. The van der Waals surface area contributed by atoms with Crippen molar-refractivity contribution >= 4 is 52.6 Å². The van der Waals surface area contributed by atoms with Crippen LogP contribution in [-0.4, -0.2) is 39.8 Å². The summed E-state index contributed by atoms with van der Waals surface area (Å²) in [6.45, 7) is 1.72. The Morgan fingerprint density at radius 1 is 0.959 bits per heavy atom. The molecule has 0 aromatic heterocycles.